The summed E-state index contributed by atoms with van der Waals surface area (Å²) in [6.45, 7) is 0.486. The molecule has 1 aromatic rings. The molecule has 3 nitrogen and oxygen atoms in total. The summed E-state index contributed by atoms with van der Waals surface area (Å²) in [4.78, 5) is 13.4. The molecule has 0 spiro atoms. The molecule has 17 heavy (non-hydrogen) atoms. The molecule has 1 unspecified atom stereocenters. The zero-order valence-corrected chi connectivity index (χ0v) is 11.9. The largest absolute Gasteiger partial charge is 0.396 e. The average molecular weight is 339 g/mol. The van der Waals surface area contributed by atoms with Crippen LogP contribution >= 0.6 is 39.1 Å². The van der Waals surface area contributed by atoms with Crippen molar-refractivity contribution in [1.82, 2.24) is 0 Å². The predicted octanol–water partition coefficient (Wildman–Crippen LogP) is 3.10. The van der Waals surface area contributed by atoms with Crippen LogP contribution in [0.3, 0.4) is 0 Å². The fourth-order valence-corrected chi connectivity index (χ4v) is 3.43. The van der Waals surface area contributed by atoms with Gasteiger partial charge in [0.2, 0.25) is 5.91 Å². The SMILES string of the molecule is O=C1CC(CO)CN1c1c(Cl)cc(Cl)cc1Br. The third-order valence-corrected chi connectivity index (χ3v) is 3.83. The molecule has 0 aliphatic carbocycles. The number of aliphatic hydroxyl groups excluding tert-OH is 1. The van der Waals surface area contributed by atoms with Crippen molar-refractivity contribution in [3.63, 3.8) is 0 Å². The van der Waals surface area contributed by atoms with Crippen LogP contribution in [-0.4, -0.2) is 24.2 Å². The Morgan fingerprint density at radius 3 is 2.71 bits per heavy atom. The third kappa shape index (κ3) is 2.60. The van der Waals surface area contributed by atoms with E-state index < -0.39 is 0 Å². The second kappa shape index (κ2) is 5.14. The summed E-state index contributed by atoms with van der Waals surface area (Å²) in [5, 5.41) is 10.0. The van der Waals surface area contributed by atoms with Crippen molar-refractivity contribution >= 4 is 50.7 Å². The van der Waals surface area contributed by atoms with Crippen LogP contribution in [0.15, 0.2) is 16.6 Å². The normalized spacial score (nSPS) is 20.1. The molecule has 1 N–H and O–H groups in total. The Hall–Kier alpha value is -0.290. The highest BCUT2D eigenvalue weighted by Gasteiger charge is 2.32. The van der Waals surface area contributed by atoms with Gasteiger partial charge in [-0.15, -0.1) is 0 Å². The molecule has 0 aromatic heterocycles. The van der Waals surface area contributed by atoms with Crippen molar-refractivity contribution in [3.8, 4) is 0 Å². The average Bonchev–Trinajstić information content (AvgIpc) is 2.59. The summed E-state index contributed by atoms with van der Waals surface area (Å²) >= 11 is 15.3. The fraction of sp³-hybridized carbons (Fsp3) is 0.364. The standard InChI is InChI=1S/C11H10BrCl2NO2/c12-8-2-7(13)3-9(14)11(8)15-4-6(5-16)1-10(15)17/h2-3,6,16H,1,4-5H2. The van der Waals surface area contributed by atoms with E-state index in [1.807, 2.05) is 0 Å². The molecule has 92 valence electrons. The predicted molar refractivity (Wildman–Crippen MR) is 71.7 cm³/mol. The number of nitrogens with zero attached hydrogens (tertiary/aromatic N) is 1. The number of aliphatic hydroxyl groups is 1. The molecule has 1 heterocycles. The Bertz CT molecular complexity index is 444. The van der Waals surface area contributed by atoms with Gasteiger partial charge in [-0.25, -0.2) is 0 Å². The van der Waals surface area contributed by atoms with E-state index in [4.69, 9.17) is 28.3 Å². The Labute approximate surface area is 117 Å². The summed E-state index contributed by atoms with van der Waals surface area (Å²) in [5.74, 6) is -0.0601. The highest BCUT2D eigenvalue weighted by atomic mass is 79.9. The topological polar surface area (TPSA) is 40.5 Å². The molecule has 1 aromatic carbocycles. The van der Waals surface area contributed by atoms with E-state index in [1.165, 1.54) is 0 Å². The van der Waals surface area contributed by atoms with Crippen molar-refractivity contribution in [2.45, 2.75) is 6.42 Å². The number of carbonyl (C=O) groups is 1. The molecule has 6 heteroatoms. The summed E-state index contributed by atoms with van der Waals surface area (Å²) in [5.41, 5.74) is 0.622. The number of rotatable bonds is 2. The number of anilines is 1. The van der Waals surface area contributed by atoms with Gasteiger partial charge in [-0.1, -0.05) is 23.2 Å². The lowest BCUT2D eigenvalue weighted by molar-refractivity contribution is -0.117. The van der Waals surface area contributed by atoms with Crippen molar-refractivity contribution in [3.05, 3.63) is 26.7 Å². The van der Waals surface area contributed by atoms with Crippen LogP contribution in [-0.2, 0) is 4.79 Å². The first kappa shape index (κ1) is 13.1. The number of benzene rings is 1. The molecule has 1 aliphatic rings. The van der Waals surface area contributed by atoms with Gasteiger partial charge in [-0.3, -0.25) is 4.79 Å². The van der Waals surface area contributed by atoms with E-state index >= 15 is 0 Å². The van der Waals surface area contributed by atoms with Gasteiger partial charge in [0, 0.05) is 35.0 Å². The Balaban J connectivity index is 2.38. The number of amides is 1. The van der Waals surface area contributed by atoms with Crippen molar-refractivity contribution in [2.24, 2.45) is 5.92 Å². The van der Waals surface area contributed by atoms with E-state index in [0.29, 0.717) is 33.2 Å². The molecular formula is C11H10BrCl2NO2. The quantitative estimate of drug-likeness (QED) is 0.900. The van der Waals surface area contributed by atoms with Crippen molar-refractivity contribution in [1.29, 1.82) is 0 Å². The second-order valence-electron chi connectivity index (χ2n) is 3.98. The smallest absolute Gasteiger partial charge is 0.227 e. The summed E-state index contributed by atoms with van der Waals surface area (Å²) in [6, 6.07) is 3.30. The van der Waals surface area contributed by atoms with E-state index in [0.717, 1.165) is 0 Å². The maximum atomic E-state index is 11.8. The molecule has 1 amide bonds. The molecule has 1 atom stereocenters. The van der Waals surface area contributed by atoms with Gasteiger partial charge in [0.05, 0.1) is 10.7 Å². The molecule has 0 bridgehead atoms. The van der Waals surface area contributed by atoms with Gasteiger partial charge in [0.25, 0.3) is 0 Å². The van der Waals surface area contributed by atoms with E-state index in [1.54, 1.807) is 17.0 Å². The first-order valence-corrected chi connectivity index (χ1v) is 6.63. The molecule has 1 saturated heterocycles. The molecule has 2 rings (SSSR count). The number of halogens is 3. The van der Waals surface area contributed by atoms with E-state index in [2.05, 4.69) is 15.9 Å². The lowest BCUT2D eigenvalue weighted by atomic mass is 10.1. The van der Waals surface area contributed by atoms with Crippen LogP contribution in [0.25, 0.3) is 0 Å². The van der Waals surface area contributed by atoms with Gasteiger partial charge in [-0.2, -0.15) is 0 Å². The zero-order chi connectivity index (χ0) is 12.6. The minimum absolute atomic E-state index is 0.00503. The Morgan fingerprint density at radius 1 is 1.47 bits per heavy atom. The number of carbonyl (C=O) groups excluding carboxylic acids is 1. The fourth-order valence-electron chi connectivity index (χ4n) is 1.91. The second-order valence-corrected chi connectivity index (χ2v) is 5.67. The van der Waals surface area contributed by atoms with E-state index in [9.17, 15) is 4.79 Å². The summed E-state index contributed by atoms with van der Waals surface area (Å²) < 4.78 is 0.682. The van der Waals surface area contributed by atoms with Crippen LogP contribution in [0.1, 0.15) is 6.42 Å². The van der Waals surface area contributed by atoms with Crippen LogP contribution in [0.2, 0.25) is 10.0 Å². The molecule has 1 fully saturated rings. The summed E-state index contributed by atoms with van der Waals surface area (Å²) in [6.07, 6.45) is 0.349. The molecule has 0 saturated carbocycles. The zero-order valence-electron chi connectivity index (χ0n) is 8.79. The number of hydrogen-bond acceptors (Lipinski definition) is 2. The van der Waals surface area contributed by atoms with Gasteiger partial charge in [-0.05, 0) is 28.1 Å². The lowest BCUT2D eigenvalue weighted by Crippen LogP contribution is -2.25. The molecule has 1 aliphatic heterocycles. The van der Waals surface area contributed by atoms with Crippen LogP contribution in [0.4, 0.5) is 5.69 Å². The first-order chi connectivity index (χ1) is 8.02. The van der Waals surface area contributed by atoms with Crippen LogP contribution in [0, 0.1) is 5.92 Å². The third-order valence-electron chi connectivity index (χ3n) is 2.71. The molecule has 0 radical (unpaired) electrons. The van der Waals surface area contributed by atoms with E-state index in [-0.39, 0.29) is 18.4 Å². The minimum atomic E-state index is -0.0334. The number of hydrogen-bond donors (Lipinski definition) is 1. The van der Waals surface area contributed by atoms with Crippen molar-refractivity contribution < 1.29 is 9.90 Å². The van der Waals surface area contributed by atoms with Crippen molar-refractivity contribution in [2.75, 3.05) is 18.1 Å². The maximum absolute atomic E-state index is 11.8. The summed E-state index contributed by atoms with van der Waals surface area (Å²) in [7, 11) is 0. The maximum Gasteiger partial charge on any atom is 0.227 e. The van der Waals surface area contributed by atoms with Crippen LogP contribution in [0.5, 0.6) is 0 Å². The van der Waals surface area contributed by atoms with Gasteiger partial charge in [0.15, 0.2) is 0 Å². The van der Waals surface area contributed by atoms with Gasteiger partial charge in [0.1, 0.15) is 0 Å². The highest BCUT2D eigenvalue weighted by molar-refractivity contribution is 9.10. The lowest BCUT2D eigenvalue weighted by Gasteiger charge is -2.19. The molecular weight excluding hydrogens is 329 g/mol. The van der Waals surface area contributed by atoms with Gasteiger partial charge >= 0.3 is 0 Å². The Kier molecular flexibility index (Phi) is 3.98. The van der Waals surface area contributed by atoms with Gasteiger partial charge < -0.3 is 10.0 Å². The minimum Gasteiger partial charge on any atom is -0.396 e. The first-order valence-electron chi connectivity index (χ1n) is 5.08. The van der Waals surface area contributed by atoms with Crippen LogP contribution < -0.4 is 4.90 Å². The highest BCUT2D eigenvalue weighted by Crippen LogP contribution is 2.39. The monoisotopic (exact) mass is 337 g/mol. The Morgan fingerprint density at radius 2 is 2.18 bits per heavy atom.